The molecule has 148 valence electrons. The largest absolute Gasteiger partial charge is 0.339 e. The fourth-order valence-corrected chi connectivity index (χ4v) is 3.45. The second kappa shape index (κ2) is 9.97. The zero-order valence-electron chi connectivity index (χ0n) is 16.0. The van der Waals surface area contributed by atoms with Gasteiger partial charge in [-0.05, 0) is 48.6 Å². The maximum atomic E-state index is 13.2. The SMILES string of the molecule is O=C(CCCc1cccnc1)N1CCN(C(=O)CCc2cccc(F)c2)CC1. The zero-order chi connectivity index (χ0) is 19.8. The number of pyridine rings is 1. The van der Waals surface area contributed by atoms with Crippen molar-refractivity contribution in [2.24, 2.45) is 0 Å². The molecule has 0 radical (unpaired) electrons. The lowest BCUT2D eigenvalue weighted by molar-refractivity contribution is -0.139. The van der Waals surface area contributed by atoms with Crippen molar-refractivity contribution in [2.45, 2.75) is 32.1 Å². The van der Waals surface area contributed by atoms with Crippen LogP contribution in [0.15, 0.2) is 48.8 Å². The van der Waals surface area contributed by atoms with Gasteiger partial charge in [0.1, 0.15) is 5.82 Å². The number of carbonyl (C=O) groups is 2. The van der Waals surface area contributed by atoms with Crippen LogP contribution in [0, 0.1) is 5.82 Å². The van der Waals surface area contributed by atoms with Crippen molar-refractivity contribution in [1.29, 1.82) is 0 Å². The molecule has 28 heavy (non-hydrogen) atoms. The van der Waals surface area contributed by atoms with Crippen LogP contribution in [0.2, 0.25) is 0 Å². The summed E-state index contributed by atoms with van der Waals surface area (Å²) >= 11 is 0. The molecule has 0 aliphatic carbocycles. The summed E-state index contributed by atoms with van der Waals surface area (Å²) in [6.45, 7) is 2.29. The normalized spacial score (nSPS) is 14.2. The van der Waals surface area contributed by atoms with Crippen LogP contribution in [0.5, 0.6) is 0 Å². The summed E-state index contributed by atoms with van der Waals surface area (Å²) in [5.41, 5.74) is 1.97. The van der Waals surface area contributed by atoms with Crippen LogP contribution in [0.25, 0.3) is 0 Å². The van der Waals surface area contributed by atoms with Crippen molar-refractivity contribution < 1.29 is 14.0 Å². The number of amides is 2. The van der Waals surface area contributed by atoms with Crippen molar-refractivity contribution >= 4 is 11.8 Å². The molecule has 1 aromatic heterocycles. The molecule has 0 saturated carbocycles. The Labute approximate surface area is 165 Å². The Morgan fingerprint density at radius 2 is 1.57 bits per heavy atom. The minimum atomic E-state index is -0.277. The fraction of sp³-hybridized carbons (Fsp3) is 0.409. The third-order valence-corrected chi connectivity index (χ3v) is 5.08. The van der Waals surface area contributed by atoms with Crippen molar-refractivity contribution in [1.82, 2.24) is 14.8 Å². The van der Waals surface area contributed by atoms with Crippen LogP contribution >= 0.6 is 0 Å². The van der Waals surface area contributed by atoms with Gasteiger partial charge in [0, 0.05) is 51.4 Å². The molecule has 5 nitrogen and oxygen atoms in total. The number of rotatable bonds is 7. The number of benzene rings is 1. The van der Waals surface area contributed by atoms with Gasteiger partial charge in [-0.1, -0.05) is 18.2 Å². The molecular formula is C22H26FN3O2. The summed E-state index contributed by atoms with van der Waals surface area (Å²) in [7, 11) is 0. The summed E-state index contributed by atoms with van der Waals surface area (Å²) in [5, 5.41) is 0. The summed E-state index contributed by atoms with van der Waals surface area (Å²) in [4.78, 5) is 32.5. The molecule has 1 aliphatic heterocycles. The Morgan fingerprint density at radius 1 is 0.893 bits per heavy atom. The third-order valence-electron chi connectivity index (χ3n) is 5.08. The highest BCUT2D eigenvalue weighted by atomic mass is 19.1. The maximum Gasteiger partial charge on any atom is 0.223 e. The number of nitrogens with zero attached hydrogens (tertiary/aromatic N) is 3. The van der Waals surface area contributed by atoms with Gasteiger partial charge < -0.3 is 9.80 Å². The Kier molecular flexibility index (Phi) is 7.12. The van der Waals surface area contributed by atoms with Crippen LogP contribution in [0.1, 0.15) is 30.4 Å². The monoisotopic (exact) mass is 383 g/mol. The second-order valence-corrected chi connectivity index (χ2v) is 7.11. The average molecular weight is 383 g/mol. The number of hydrogen-bond donors (Lipinski definition) is 0. The van der Waals surface area contributed by atoms with E-state index in [2.05, 4.69) is 4.98 Å². The molecule has 0 bridgehead atoms. The van der Waals surface area contributed by atoms with Gasteiger partial charge >= 0.3 is 0 Å². The van der Waals surface area contributed by atoms with E-state index in [1.165, 1.54) is 12.1 Å². The molecule has 6 heteroatoms. The van der Waals surface area contributed by atoms with Crippen LogP contribution in [-0.4, -0.2) is 52.8 Å². The molecule has 0 N–H and O–H groups in total. The number of piperazine rings is 1. The van der Waals surface area contributed by atoms with Crippen LogP contribution in [-0.2, 0) is 22.4 Å². The number of halogens is 1. The molecular weight excluding hydrogens is 357 g/mol. The molecule has 2 heterocycles. The summed E-state index contributed by atoms with van der Waals surface area (Å²) in [6.07, 6.45) is 6.64. The first kappa shape index (κ1) is 20.0. The fourth-order valence-electron chi connectivity index (χ4n) is 3.45. The van der Waals surface area contributed by atoms with Crippen LogP contribution < -0.4 is 0 Å². The highest BCUT2D eigenvalue weighted by Gasteiger charge is 2.23. The van der Waals surface area contributed by atoms with Gasteiger partial charge in [-0.25, -0.2) is 4.39 Å². The van der Waals surface area contributed by atoms with Gasteiger partial charge in [0.25, 0.3) is 0 Å². The molecule has 1 aromatic carbocycles. The summed E-state index contributed by atoms with van der Waals surface area (Å²) < 4.78 is 13.2. The lowest BCUT2D eigenvalue weighted by Gasteiger charge is -2.35. The van der Waals surface area contributed by atoms with Crippen molar-refractivity contribution in [3.05, 3.63) is 65.7 Å². The zero-order valence-corrected chi connectivity index (χ0v) is 16.0. The quantitative estimate of drug-likeness (QED) is 0.739. The van der Waals surface area contributed by atoms with Gasteiger partial charge in [-0.2, -0.15) is 0 Å². The van der Waals surface area contributed by atoms with Gasteiger partial charge in [0.2, 0.25) is 11.8 Å². The van der Waals surface area contributed by atoms with E-state index in [-0.39, 0.29) is 17.6 Å². The van der Waals surface area contributed by atoms with Crippen molar-refractivity contribution in [3.8, 4) is 0 Å². The smallest absolute Gasteiger partial charge is 0.223 e. The van der Waals surface area contributed by atoms with Gasteiger partial charge in [0.15, 0.2) is 0 Å². The molecule has 0 unspecified atom stereocenters. The van der Waals surface area contributed by atoms with E-state index in [0.29, 0.717) is 45.4 Å². The lowest BCUT2D eigenvalue weighted by atomic mass is 10.1. The molecule has 0 atom stereocenters. The molecule has 1 saturated heterocycles. The van der Waals surface area contributed by atoms with E-state index in [1.54, 1.807) is 17.2 Å². The number of hydrogen-bond acceptors (Lipinski definition) is 3. The minimum Gasteiger partial charge on any atom is -0.339 e. The van der Waals surface area contributed by atoms with Gasteiger partial charge in [-0.3, -0.25) is 14.6 Å². The maximum absolute atomic E-state index is 13.2. The van der Waals surface area contributed by atoms with E-state index < -0.39 is 0 Å². The Hall–Kier alpha value is -2.76. The lowest BCUT2D eigenvalue weighted by Crippen LogP contribution is -2.50. The number of aromatic nitrogens is 1. The molecule has 0 spiro atoms. The van der Waals surface area contributed by atoms with Crippen LogP contribution in [0.4, 0.5) is 4.39 Å². The molecule has 1 aliphatic rings. The standard InChI is InChI=1S/C22H26FN3O2/c23-20-7-1-4-18(16-20)9-10-22(28)26-14-12-25(13-15-26)21(27)8-2-5-19-6-3-11-24-17-19/h1,3-4,6-7,11,16-17H,2,5,8-10,12-15H2. The van der Waals surface area contributed by atoms with Crippen molar-refractivity contribution in [3.63, 3.8) is 0 Å². The summed E-state index contributed by atoms with van der Waals surface area (Å²) in [6, 6.07) is 10.3. The van der Waals surface area contributed by atoms with E-state index >= 15 is 0 Å². The molecule has 3 rings (SSSR count). The van der Waals surface area contributed by atoms with Gasteiger partial charge in [-0.15, -0.1) is 0 Å². The first-order valence-corrected chi connectivity index (χ1v) is 9.81. The van der Waals surface area contributed by atoms with Crippen LogP contribution in [0.3, 0.4) is 0 Å². The predicted octanol–water partition coefficient (Wildman–Crippen LogP) is 2.85. The summed E-state index contributed by atoms with van der Waals surface area (Å²) in [5.74, 6) is -0.0655. The van der Waals surface area contributed by atoms with E-state index in [9.17, 15) is 14.0 Å². The number of carbonyl (C=O) groups excluding carboxylic acids is 2. The number of aryl methyl sites for hydroxylation is 2. The topological polar surface area (TPSA) is 53.5 Å². The van der Waals surface area contributed by atoms with Gasteiger partial charge in [0.05, 0.1) is 0 Å². The third kappa shape index (κ3) is 5.87. The Morgan fingerprint density at radius 3 is 2.21 bits per heavy atom. The van der Waals surface area contributed by atoms with E-state index in [4.69, 9.17) is 0 Å². The second-order valence-electron chi connectivity index (χ2n) is 7.11. The molecule has 1 fully saturated rings. The highest BCUT2D eigenvalue weighted by molar-refractivity contribution is 5.78. The predicted molar refractivity (Wildman–Crippen MR) is 105 cm³/mol. The van der Waals surface area contributed by atoms with E-state index in [0.717, 1.165) is 24.0 Å². The van der Waals surface area contributed by atoms with E-state index in [1.807, 2.05) is 29.3 Å². The average Bonchev–Trinajstić information content (AvgIpc) is 2.73. The molecule has 2 aromatic rings. The Balaban J connectivity index is 1.36. The first-order valence-electron chi connectivity index (χ1n) is 9.81. The highest BCUT2D eigenvalue weighted by Crippen LogP contribution is 2.11. The minimum absolute atomic E-state index is 0.0629. The Bertz CT molecular complexity index is 789. The molecule has 2 amide bonds. The van der Waals surface area contributed by atoms with Crippen molar-refractivity contribution in [2.75, 3.05) is 26.2 Å². The first-order chi connectivity index (χ1) is 13.6.